The van der Waals surface area contributed by atoms with E-state index in [1.807, 2.05) is 12.1 Å². The maximum atomic E-state index is 14.0. The zero-order valence-electron chi connectivity index (χ0n) is 63.2. The van der Waals surface area contributed by atoms with Crippen LogP contribution in [0.25, 0.3) is 5.57 Å². The zero-order valence-corrected chi connectivity index (χ0v) is 64.0. The minimum Gasteiger partial charge on any atom is -0.481 e. The fourth-order valence-corrected chi connectivity index (χ4v) is 29.8. The van der Waals surface area contributed by atoms with Gasteiger partial charge in [0.15, 0.2) is 9.84 Å². The van der Waals surface area contributed by atoms with E-state index in [1.165, 1.54) is 175 Å². The number of nitrogens with one attached hydrogen (secondary N) is 2. The number of sulfone groups is 1. The smallest absolute Gasteiger partial charge is 0.335 e. The van der Waals surface area contributed by atoms with Crippen LogP contribution in [0.5, 0.6) is 0 Å². The van der Waals surface area contributed by atoms with E-state index in [0.717, 1.165) is 38.4 Å². The molecule has 0 amide bonds. The lowest BCUT2D eigenvalue weighted by molar-refractivity contribution is -0.221. The van der Waals surface area contributed by atoms with Gasteiger partial charge in [-0.3, -0.25) is 4.79 Å². The number of allylic oxidation sites excluding steroid dienone is 8. The molecule has 2 heterocycles. The Hall–Kier alpha value is -3.42. The number of carboxylic acid groups (broad SMARTS) is 2. The molecule has 13 aliphatic rings. The summed E-state index contributed by atoms with van der Waals surface area (Å²) in [5.41, 5.74) is 9.34. The van der Waals surface area contributed by atoms with E-state index in [0.29, 0.717) is 114 Å². The predicted octanol–water partition coefficient (Wildman–Crippen LogP) is 18.3. The summed E-state index contributed by atoms with van der Waals surface area (Å²) in [7, 11) is -2.86. The third-order valence-corrected chi connectivity index (χ3v) is 35.7. The molecular formula is C86H131FN4O6S. The van der Waals surface area contributed by atoms with Crippen LogP contribution in [0.1, 0.15) is 253 Å². The van der Waals surface area contributed by atoms with Gasteiger partial charge in [-0.05, 0) is 312 Å². The van der Waals surface area contributed by atoms with E-state index in [2.05, 4.69) is 135 Å². The summed E-state index contributed by atoms with van der Waals surface area (Å²) in [6.07, 6.45) is 35.6. The third kappa shape index (κ3) is 11.5. The van der Waals surface area contributed by atoms with Crippen molar-refractivity contribution in [3.63, 3.8) is 0 Å². The molecule has 0 bridgehead atoms. The van der Waals surface area contributed by atoms with E-state index in [1.54, 1.807) is 12.1 Å². The average Bonchev–Trinajstić information content (AvgIpc) is 0.982. The van der Waals surface area contributed by atoms with Gasteiger partial charge in [-0.2, -0.15) is 0 Å². The van der Waals surface area contributed by atoms with Gasteiger partial charge in [0.1, 0.15) is 6.67 Å². The molecule has 544 valence electrons. The number of aliphatic carboxylic acids is 1. The number of carboxylic acids is 2. The first kappa shape index (κ1) is 72.9. The first-order valence-electron chi connectivity index (χ1n) is 39.8. The van der Waals surface area contributed by atoms with Gasteiger partial charge in [0.05, 0.1) is 22.5 Å². The highest BCUT2D eigenvalue weighted by Crippen LogP contribution is 2.79. The number of halogens is 1. The Morgan fingerprint density at radius 2 is 1.01 bits per heavy atom. The minimum absolute atomic E-state index is 0.0114. The molecule has 98 heavy (non-hydrogen) atoms. The van der Waals surface area contributed by atoms with Gasteiger partial charge in [0.25, 0.3) is 0 Å². The number of benzene rings is 1. The van der Waals surface area contributed by atoms with Gasteiger partial charge in [0.2, 0.25) is 0 Å². The highest BCUT2D eigenvalue weighted by molar-refractivity contribution is 7.91. The van der Waals surface area contributed by atoms with E-state index >= 15 is 0 Å². The second kappa shape index (κ2) is 26.0. The quantitative estimate of drug-likeness (QED) is 0.126. The van der Waals surface area contributed by atoms with Crippen LogP contribution in [0.2, 0.25) is 0 Å². The van der Waals surface area contributed by atoms with E-state index < -0.39 is 33.9 Å². The number of aromatic carboxylic acids is 1. The number of carbonyl (C=O) groups is 2. The SMILES string of the molecule is C=C(C)[C@@H]1CC[C@]2(NCCN3CCCCC3)CC[C@]3(C)[C@H](CC[C@@H]4[C@@]5(C)CC=C(C6=CC[C@@](CF)(C(=O)O)CC6)C(C)(C)[C@@H]5CC[C@]43C)[C@@H]12.C=C(C)[C@@H]1CC[C@]2(NCCN3CCS(=O)(=O)CC3)CC[C@]3(C)[C@H](CC[C@@H]4[C@@]5(C)CC=C(c6ccc(C(=O)O)cc6)C(C)(C)[C@@H]5CC[C@]43C)[C@@H]12. The lowest BCUT2D eigenvalue weighted by atomic mass is 9.33. The van der Waals surface area contributed by atoms with Crippen LogP contribution < -0.4 is 10.6 Å². The fourth-order valence-electron chi connectivity index (χ4n) is 28.5. The number of rotatable bonds is 15. The van der Waals surface area contributed by atoms with Gasteiger partial charge in [-0.15, -0.1) is 0 Å². The van der Waals surface area contributed by atoms with E-state index in [-0.39, 0.29) is 43.6 Å². The molecule has 0 aromatic heterocycles. The van der Waals surface area contributed by atoms with Crippen molar-refractivity contribution in [2.24, 2.45) is 108 Å². The van der Waals surface area contributed by atoms with Crippen molar-refractivity contribution in [1.29, 1.82) is 0 Å². The lowest BCUT2D eigenvalue weighted by Gasteiger charge is -2.72. The highest BCUT2D eigenvalue weighted by atomic mass is 32.2. The summed E-state index contributed by atoms with van der Waals surface area (Å²) in [5.74, 6) is 5.23. The second-order valence-electron chi connectivity index (χ2n) is 38.6. The first-order chi connectivity index (χ1) is 46.1. The molecular weight excluding hydrogens is 1240 g/mol. The van der Waals surface area contributed by atoms with Crippen molar-refractivity contribution in [2.45, 2.75) is 248 Å². The van der Waals surface area contributed by atoms with Gasteiger partial charge >= 0.3 is 11.9 Å². The Morgan fingerprint density at radius 1 is 0.541 bits per heavy atom. The van der Waals surface area contributed by atoms with Crippen LogP contribution in [0.4, 0.5) is 4.39 Å². The van der Waals surface area contributed by atoms with Crippen LogP contribution >= 0.6 is 0 Å². The molecule has 0 spiro atoms. The van der Waals surface area contributed by atoms with E-state index in [4.69, 9.17) is 0 Å². The van der Waals surface area contributed by atoms with Crippen LogP contribution in [-0.4, -0.2) is 122 Å². The molecule has 0 radical (unpaired) electrons. The highest BCUT2D eigenvalue weighted by Gasteiger charge is 2.73. The second-order valence-corrected chi connectivity index (χ2v) is 40.9. The topological polar surface area (TPSA) is 139 Å². The third-order valence-electron chi connectivity index (χ3n) is 34.1. The number of likely N-dealkylation sites (tertiary alicyclic amines) is 1. The molecule has 10 nitrogen and oxygen atoms in total. The molecule has 11 aliphatic carbocycles. The lowest BCUT2D eigenvalue weighted by Crippen LogP contribution is -2.68. The number of piperidine rings is 1. The van der Waals surface area contributed by atoms with Crippen molar-refractivity contribution < 1.29 is 32.6 Å². The van der Waals surface area contributed by atoms with Gasteiger partial charge in [-0.1, -0.05) is 130 Å². The number of nitrogens with zero attached hydrogens (tertiary/aromatic N) is 2. The normalized spacial score (nSPS) is 44.5. The van der Waals surface area contributed by atoms with Gasteiger partial charge in [-0.25, -0.2) is 17.6 Å². The first-order valence-corrected chi connectivity index (χ1v) is 41.7. The van der Waals surface area contributed by atoms with Gasteiger partial charge in [0, 0.05) is 50.3 Å². The summed E-state index contributed by atoms with van der Waals surface area (Å²) in [4.78, 5) is 28.6. The summed E-state index contributed by atoms with van der Waals surface area (Å²) < 4.78 is 38.0. The molecule has 4 N–H and O–H groups in total. The van der Waals surface area contributed by atoms with Gasteiger partial charge < -0.3 is 30.6 Å². The van der Waals surface area contributed by atoms with Crippen LogP contribution in [0, 0.1) is 108 Å². The summed E-state index contributed by atoms with van der Waals surface area (Å²) in [6, 6.07) is 7.58. The largest absolute Gasteiger partial charge is 0.481 e. The molecule has 14 rings (SSSR count). The summed E-state index contributed by atoms with van der Waals surface area (Å²) in [6.45, 7) is 47.2. The van der Waals surface area contributed by atoms with E-state index in [9.17, 15) is 32.6 Å². The maximum Gasteiger partial charge on any atom is 0.335 e. The number of hydrogen-bond donors (Lipinski definition) is 4. The van der Waals surface area contributed by atoms with Crippen molar-refractivity contribution in [2.75, 3.05) is 70.5 Å². The molecule has 19 atom stereocenters. The zero-order chi connectivity index (χ0) is 70.2. The van der Waals surface area contributed by atoms with Crippen LogP contribution in [0.3, 0.4) is 0 Å². The molecule has 2 aliphatic heterocycles. The summed E-state index contributed by atoms with van der Waals surface area (Å²) in [5, 5.41) is 27.8. The molecule has 1 aromatic carbocycles. The molecule has 0 unspecified atom stereocenters. The van der Waals surface area contributed by atoms with Crippen molar-refractivity contribution >= 4 is 27.3 Å². The van der Waals surface area contributed by atoms with Crippen molar-refractivity contribution in [1.82, 2.24) is 20.4 Å². The molecule has 2 saturated heterocycles. The van der Waals surface area contributed by atoms with Crippen LogP contribution in [-0.2, 0) is 14.6 Å². The Kier molecular flexibility index (Phi) is 19.4. The Balaban J connectivity index is 0.000000176. The Labute approximate surface area is 592 Å². The standard InChI is InChI=1S/C44H69FN2O2.C42H62N2O4S/c1-30(2)32-15-22-44(46-25-28-47-26-9-8-10-27-47)24-23-41(6)34(37(32)44)11-12-36-40(5)18-16-33(39(3,4)35(40)17-19-42(36,41)7)31-13-20-43(29-45,21-14-31)38(48)49;1-28(2)31-14-19-42(43-22-23-44-24-26-49(47,48)27-25-44)21-20-40(6)33(36(31)42)12-13-35-39(5)17-15-32(29-8-10-30(11-9-29)37(45)46)38(3,4)34(39)16-18-41(35,40)7/h13,16,32,34-37,46H,1,8-12,14-15,17-29H2,2-7H3,(H,48,49);8-11,15,31,33-36,43H,1,12-14,16-27H2,2-7H3,(H,45,46)/t32-,34+,35-,36+,37+,40-,41+,42+,43+,44-;31-,33+,34-,35+,36+,39-,40+,41+,42-/m00/s1. The fraction of sp³-hybridized carbons (Fsp3) is 0.791. The van der Waals surface area contributed by atoms with Crippen molar-refractivity contribution in [3.8, 4) is 0 Å². The number of fused-ring (bicyclic) bond motifs is 14. The molecule has 12 heteroatoms. The average molecular weight is 1370 g/mol. The van der Waals surface area contributed by atoms with Crippen LogP contribution in [0.15, 0.2) is 77.9 Å². The Morgan fingerprint density at radius 3 is 1.45 bits per heavy atom. The number of alkyl halides is 1. The predicted molar refractivity (Wildman–Crippen MR) is 398 cm³/mol. The minimum atomic E-state index is -2.86. The maximum absolute atomic E-state index is 14.0. The molecule has 8 saturated carbocycles. The monoisotopic (exact) mass is 1370 g/mol. The summed E-state index contributed by atoms with van der Waals surface area (Å²) >= 11 is 0. The Bertz CT molecular complexity index is 3440. The van der Waals surface area contributed by atoms with Crippen molar-refractivity contribution in [3.05, 3.63) is 89.1 Å². The molecule has 10 fully saturated rings. The molecule has 1 aromatic rings. The number of hydrogen-bond acceptors (Lipinski definition) is 8.